The first-order chi connectivity index (χ1) is 11.7. The Morgan fingerprint density at radius 1 is 1.21 bits per heavy atom. The van der Waals surface area contributed by atoms with E-state index in [0.29, 0.717) is 29.4 Å². The molecular formula is C18H16ClNO4. The minimum Gasteiger partial charge on any atom is -0.480 e. The van der Waals surface area contributed by atoms with Crippen LogP contribution in [0.5, 0.6) is 5.75 Å². The number of benzene rings is 2. The van der Waals surface area contributed by atoms with Gasteiger partial charge in [0.2, 0.25) is 0 Å². The highest BCUT2D eigenvalue weighted by atomic mass is 35.5. The van der Waals surface area contributed by atoms with Crippen molar-refractivity contribution in [1.29, 1.82) is 0 Å². The average molecular weight is 346 g/mol. The number of hydrogen-bond acceptors (Lipinski definition) is 5. The van der Waals surface area contributed by atoms with Crippen molar-refractivity contribution in [2.24, 2.45) is 0 Å². The zero-order valence-electron chi connectivity index (χ0n) is 13.1. The standard InChI is InChI=1S/C18H16ClNO4/c1-2-22-16(21)11-23-15-9-8-13-14(20-24-18(13)17(15)19)10-12-6-4-3-5-7-12/h3-9H,2,10-11H2,1H3. The summed E-state index contributed by atoms with van der Waals surface area (Å²) in [6, 6.07) is 13.5. The minimum atomic E-state index is -0.448. The Hall–Kier alpha value is -2.53. The molecule has 0 aliphatic heterocycles. The van der Waals surface area contributed by atoms with Crippen LogP contribution < -0.4 is 4.74 Å². The van der Waals surface area contributed by atoms with Gasteiger partial charge in [0.05, 0.1) is 12.3 Å². The lowest BCUT2D eigenvalue weighted by Crippen LogP contribution is -2.14. The smallest absolute Gasteiger partial charge is 0.344 e. The molecule has 3 rings (SSSR count). The summed E-state index contributed by atoms with van der Waals surface area (Å²) in [5, 5.41) is 5.23. The van der Waals surface area contributed by atoms with Crippen LogP contribution >= 0.6 is 11.6 Å². The summed E-state index contributed by atoms with van der Waals surface area (Å²) in [5.74, 6) is -0.0874. The first-order valence-corrected chi connectivity index (χ1v) is 7.96. The highest BCUT2D eigenvalue weighted by Gasteiger charge is 2.16. The monoisotopic (exact) mass is 345 g/mol. The fourth-order valence-electron chi connectivity index (χ4n) is 2.37. The number of halogens is 1. The van der Waals surface area contributed by atoms with E-state index in [1.807, 2.05) is 36.4 Å². The summed E-state index contributed by atoms with van der Waals surface area (Å²) >= 11 is 6.31. The molecule has 0 N–H and O–H groups in total. The highest BCUT2D eigenvalue weighted by Crippen LogP contribution is 2.34. The van der Waals surface area contributed by atoms with Crippen LogP contribution in [0, 0.1) is 0 Å². The maximum atomic E-state index is 11.4. The van der Waals surface area contributed by atoms with E-state index >= 15 is 0 Å². The van der Waals surface area contributed by atoms with Gasteiger partial charge >= 0.3 is 5.97 Å². The van der Waals surface area contributed by atoms with E-state index in [1.165, 1.54) is 0 Å². The van der Waals surface area contributed by atoms with Crippen molar-refractivity contribution >= 4 is 28.5 Å². The Balaban J connectivity index is 1.81. The third-order valence-electron chi connectivity index (χ3n) is 3.48. The van der Waals surface area contributed by atoms with E-state index in [9.17, 15) is 4.79 Å². The van der Waals surface area contributed by atoms with Gasteiger partial charge in [-0.2, -0.15) is 0 Å². The van der Waals surface area contributed by atoms with Gasteiger partial charge in [0.1, 0.15) is 10.8 Å². The molecule has 0 aliphatic rings. The van der Waals surface area contributed by atoms with E-state index in [0.717, 1.165) is 16.6 Å². The maximum Gasteiger partial charge on any atom is 0.344 e. The number of fused-ring (bicyclic) bond motifs is 1. The van der Waals surface area contributed by atoms with Crippen LogP contribution in [0.4, 0.5) is 0 Å². The maximum absolute atomic E-state index is 11.4. The summed E-state index contributed by atoms with van der Waals surface area (Å²) < 4.78 is 15.6. The molecule has 5 nitrogen and oxygen atoms in total. The van der Waals surface area contributed by atoms with Crippen molar-refractivity contribution in [3.8, 4) is 5.75 Å². The predicted octanol–water partition coefficient (Wildman–Crippen LogP) is 4.01. The molecular weight excluding hydrogens is 330 g/mol. The van der Waals surface area contributed by atoms with Gasteiger partial charge in [0.25, 0.3) is 0 Å². The highest BCUT2D eigenvalue weighted by molar-refractivity contribution is 6.36. The molecule has 0 spiro atoms. The van der Waals surface area contributed by atoms with Gasteiger partial charge in [-0.05, 0) is 24.6 Å². The van der Waals surface area contributed by atoms with E-state index < -0.39 is 5.97 Å². The molecule has 6 heteroatoms. The molecule has 0 atom stereocenters. The van der Waals surface area contributed by atoms with Crippen LogP contribution in [-0.2, 0) is 16.0 Å². The summed E-state index contributed by atoms with van der Waals surface area (Å²) in [6.45, 7) is 1.84. The van der Waals surface area contributed by atoms with Gasteiger partial charge in [-0.15, -0.1) is 0 Å². The Morgan fingerprint density at radius 3 is 2.75 bits per heavy atom. The fraction of sp³-hybridized carbons (Fsp3) is 0.222. The molecule has 0 amide bonds. The summed E-state index contributed by atoms with van der Waals surface area (Å²) in [4.78, 5) is 11.4. The normalized spacial score (nSPS) is 10.8. The van der Waals surface area contributed by atoms with E-state index in [1.54, 1.807) is 13.0 Å². The Kier molecular flexibility index (Phi) is 5.01. The molecule has 0 bridgehead atoms. The summed E-state index contributed by atoms with van der Waals surface area (Å²) in [5.41, 5.74) is 2.38. The van der Waals surface area contributed by atoms with Crippen molar-refractivity contribution in [2.75, 3.05) is 13.2 Å². The third-order valence-corrected chi connectivity index (χ3v) is 3.84. The fourth-order valence-corrected chi connectivity index (χ4v) is 2.63. The molecule has 0 aliphatic carbocycles. The lowest BCUT2D eigenvalue weighted by molar-refractivity contribution is -0.145. The van der Waals surface area contributed by atoms with Gasteiger partial charge in [0.15, 0.2) is 12.2 Å². The van der Waals surface area contributed by atoms with Crippen molar-refractivity contribution in [3.05, 3.63) is 58.7 Å². The van der Waals surface area contributed by atoms with Gasteiger partial charge in [-0.1, -0.05) is 47.1 Å². The Morgan fingerprint density at radius 2 is 2.00 bits per heavy atom. The van der Waals surface area contributed by atoms with Gasteiger partial charge in [-0.3, -0.25) is 0 Å². The molecule has 0 unspecified atom stereocenters. The molecule has 3 aromatic rings. The third kappa shape index (κ3) is 3.51. The number of esters is 1. The van der Waals surface area contributed by atoms with Gasteiger partial charge < -0.3 is 14.0 Å². The number of carbonyl (C=O) groups excluding carboxylic acids is 1. The van der Waals surface area contributed by atoms with Crippen LogP contribution in [0.25, 0.3) is 11.0 Å². The van der Waals surface area contributed by atoms with Crippen LogP contribution in [-0.4, -0.2) is 24.3 Å². The SMILES string of the molecule is CCOC(=O)COc1ccc2c(Cc3ccccc3)noc2c1Cl. The second kappa shape index (κ2) is 7.36. The molecule has 0 saturated heterocycles. The Labute approximate surface area is 144 Å². The number of nitrogens with zero attached hydrogens (tertiary/aromatic N) is 1. The van der Waals surface area contributed by atoms with Crippen LogP contribution in [0.15, 0.2) is 47.0 Å². The van der Waals surface area contributed by atoms with Gasteiger partial charge in [0, 0.05) is 11.8 Å². The summed E-state index contributed by atoms with van der Waals surface area (Å²) in [6.07, 6.45) is 0.646. The number of ether oxygens (including phenoxy) is 2. The van der Waals surface area contributed by atoms with Crippen molar-refractivity contribution < 1.29 is 18.8 Å². The van der Waals surface area contributed by atoms with Crippen LogP contribution in [0.1, 0.15) is 18.2 Å². The zero-order chi connectivity index (χ0) is 16.9. The lowest BCUT2D eigenvalue weighted by atomic mass is 10.1. The lowest BCUT2D eigenvalue weighted by Gasteiger charge is -2.07. The predicted molar refractivity (Wildman–Crippen MR) is 90.4 cm³/mol. The van der Waals surface area contributed by atoms with Gasteiger partial charge in [-0.25, -0.2) is 4.79 Å². The molecule has 1 aromatic heterocycles. The second-order valence-electron chi connectivity index (χ2n) is 5.14. The molecule has 124 valence electrons. The van der Waals surface area contributed by atoms with E-state index in [2.05, 4.69) is 5.16 Å². The first-order valence-electron chi connectivity index (χ1n) is 7.58. The van der Waals surface area contributed by atoms with Crippen molar-refractivity contribution in [3.63, 3.8) is 0 Å². The topological polar surface area (TPSA) is 61.6 Å². The number of hydrogen-bond donors (Lipinski definition) is 0. The van der Waals surface area contributed by atoms with Crippen molar-refractivity contribution in [1.82, 2.24) is 5.16 Å². The molecule has 0 fully saturated rings. The molecule has 0 radical (unpaired) electrons. The van der Waals surface area contributed by atoms with E-state index in [-0.39, 0.29) is 6.61 Å². The number of carbonyl (C=O) groups is 1. The largest absolute Gasteiger partial charge is 0.480 e. The Bertz CT molecular complexity index is 845. The molecule has 2 aromatic carbocycles. The molecule has 0 saturated carbocycles. The molecule has 1 heterocycles. The summed E-state index contributed by atoms with van der Waals surface area (Å²) in [7, 11) is 0. The van der Waals surface area contributed by atoms with Crippen LogP contribution in [0.2, 0.25) is 5.02 Å². The quantitative estimate of drug-likeness (QED) is 0.631. The first kappa shape index (κ1) is 16.3. The average Bonchev–Trinajstić information content (AvgIpc) is 2.99. The molecule has 24 heavy (non-hydrogen) atoms. The van der Waals surface area contributed by atoms with Crippen molar-refractivity contribution in [2.45, 2.75) is 13.3 Å². The van der Waals surface area contributed by atoms with Crippen LogP contribution in [0.3, 0.4) is 0 Å². The minimum absolute atomic E-state index is 0.204. The number of rotatable bonds is 6. The second-order valence-corrected chi connectivity index (χ2v) is 5.52. The zero-order valence-corrected chi connectivity index (χ0v) is 13.9. The van der Waals surface area contributed by atoms with E-state index in [4.69, 9.17) is 25.6 Å². The number of aromatic nitrogens is 1.